The number of hydrogen-bond acceptors (Lipinski definition) is 2. The summed E-state index contributed by atoms with van der Waals surface area (Å²) in [6.45, 7) is 8.00. The van der Waals surface area contributed by atoms with Crippen LogP contribution >= 0.6 is 0 Å². The molecular weight excluding hydrogens is 224 g/mol. The first kappa shape index (κ1) is 13.9. The molecule has 0 radical (unpaired) electrons. The highest BCUT2D eigenvalue weighted by molar-refractivity contribution is 5.82. The second-order valence-electron chi connectivity index (χ2n) is 7.41. The van der Waals surface area contributed by atoms with Gasteiger partial charge in [-0.15, -0.1) is 0 Å². The Labute approximate surface area is 111 Å². The maximum atomic E-state index is 12.4. The zero-order valence-electron chi connectivity index (χ0n) is 12.2. The van der Waals surface area contributed by atoms with E-state index in [1.165, 1.54) is 38.5 Å². The second kappa shape index (κ2) is 4.84. The average molecular weight is 252 g/mol. The van der Waals surface area contributed by atoms with Gasteiger partial charge in [0.25, 0.3) is 0 Å². The van der Waals surface area contributed by atoms with Gasteiger partial charge in [0.1, 0.15) is 0 Å². The minimum atomic E-state index is -0.365. The van der Waals surface area contributed by atoms with Crippen LogP contribution in [-0.4, -0.2) is 29.9 Å². The van der Waals surface area contributed by atoms with Crippen LogP contribution in [0.3, 0.4) is 0 Å². The van der Waals surface area contributed by atoms with Crippen LogP contribution in [0.15, 0.2) is 0 Å². The fourth-order valence-corrected chi connectivity index (χ4v) is 3.40. The highest BCUT2D eigenvalue weighted by atomic mass is 16.2. The van der Waals surface area contributed by atoms with Crippen LogP contribution in [0.5, 0.6) is 0 Å². The summed E-state index contributed by atoms with van der Waals surface area (Å²) in [5.74, 6) is 0.157. The first-order valence-electron chi connectivity index (χ1n) is 7.39. The van der Waals surface area contributed by atoms with Crippen molar-refractivity contribution in [2.45, 2.75) is 65.3 Å². The Morgan fingerprint density at radius 3 is 2.33 bits per heavy atom. The van der Waals surface area contributed by atoms with E-state index in [1.54, 1.807) is 0 Å². The average Bonchev–Trinajstić information content (AvgIpc) is 2.71. The Kier molecular flexibility index (Phi) is 3.72. The van der Waals surface area contributed by atoms with Gasteiger partial charge in [0.05, 0.1) is 6.04 Å². The molecule has 1 heterocycles. The van der Waals surface area contributed by atoms with Crippen LogP contribution in [0.1, 0.15) is 59.3 Å². The van der Waals surface area contributed by atoms with Crippen LogP contribution in [0.4, 0.5) is 0 Å². The molecule has 2 rings (SSSR count). The second-order valence-corrected chi connectivity index (χ2v) is 7.41. The molecule has 0 unspecified atom stereocenters. The van der Waals surface area contributed by atoms with Crippen LogP contribution in [0.2, 0.25) is 0 Å². The first-order chi connectivity index (χ1) is 8.34. The maximum Gasteiger partial charge on any atom is 0.240 e. The fraction of sp³-hybridized carbons (Fsp3) is 0.933. The monoisotopic (exact) mass is 252 g/mol. The minimum absolute atomic E-state index is 0.139. The lowest BCUT2D eigenvalue weighted by Crippen LogP contribution is -2.50. The zero-order valence-corrected chi connectivity index (χ0v) is 12.2. The van der Waals surface area contributed by atoms with E-state index in [0.717, 1.165) is 13.1 Å². The fourth-order valence-electron chi connectivity index (χ4n) is 3.40. The summed E-state index contributed by atoms with van der Waals surface area (Å²) in [6.07, 6.45) is 7.86. The SMILES string of the molecule is CC(C)(C)[C@@H](N)C(=O)N1CCC2(CCCCC2)C1. The smallest absolute Gasteiger partial charge is 0.240 e. The van der Waals surface area contributed by atoms with Crippen molar-refractivity contribution in [1.29, 1.82) is 0 Å². The third-order valence-electron chi connectivity index (χ3n) is 4.86. The van der Waals surface area contributed by atoms with Gasteiger partial charge in [-0.05, 0) is 30.1 Å². The van der Waals surface area contributed by atoms with Crippen LogP contribution < -0.4 is 5.73 Å². The normalized spacial score (nSPS) is 25.4. The molecule has 1 aliphatic heterocycles. The topological polar surface area (TPSA) is 46.3 Å². The number of likely N-dealkylation sites (tertiary alicyclic amines) is 1. The van der Waals surface area contributed by atoms with E-state index in [2.05, 4.69) is 0 Å². The van der Waals surface area contributed by atoms with Crippen molar-refractivity contribution in [3.63, 3.8) is 0 Å². The van der Waals surface area contributed by atoms with E-state index >= 15 is 0 Å². The maximum absolute atomic E-state index is 12.4. The molecule has 1 amide bonds. The van der Waals surface area contributed by atoms with Gasteiger partial charge >= 0.3 is 0 Å². The molecule has 0 aromatic heterocycles. The molecule has 0 aromatic rings. The third kappa shape index (κ3) is 2.71. The van der Waals surface area contributed by atoms with Gasteiger partial charge in [-0.2, -0.15) is 0 Å². The summed E-state index contributed by atoms with van der Waals surface area (Å²) in [6, 6.07) is -0.365. The van der Waals surface area contributed by atoms with Crippen molar-refractivity contribution >= 4 is 5.91 Å². The lowest BCUT2D eigenvalue weighted by atomic mass is 9.73. The van der Waals surface area contributed by atoms with E-state index in [9.17, 15) is 4.79 Å². The summed E-state index contributed by atoms with van der Waals surface area (Å²) in [4.78, 5) is 14.4. The van der Waals surface area contributed by atoms with Gasteiger partial charge in [0, 0.05) is 13.1 Å². The Morgan fingerprint density at radius 2 is 1.78 bits per heavy atom. The van der Waals surface area contributed by atoms with Crippen molar-refractivity contribution in [2.24, 2.45) is 16.6 Å². The predicted molar refractivity (Wildman–Crippen MR) is 74.1 cm³/mol. The van der Waals surface area contributed by atoms with Gasteiger partial charge in [-0.25, -0.2) is 0 Å². The molecular formula is C15H28N2O. The molecule has 3 heteroatoms. The van der Waals surface area contributed by atoms with Gasteiger partial charge in [0.15, 0.2) is 0 Å². The lowest BCUT2D eigenvalue weighted by Gasteiger charge is -2.34. The van der Waals surface area contributed by atoms with Crippen molar-refractivity contribution in [2.75, 3.05) is 13.1 Å². The first-order valence-corrected chi connectivity index (χ1v) is 7.39. The van der Waals surface area contributed by atoms with Crippen LogP contribution in [0, 0.1) is 10.8 Å². The van der Waals surface area contributed by atoms with E-state index in [-0.39, 0.29) is 17.4 Å². The summed E-state index contributed by atoms with van der Waals surface area (Å²) in [7, 11) is 0. The molecule has 1 atom stereocenters. The number of carbonyl (C=O) groups is 1. The molecule has 0 bridgehead atoms. The number of rotatable bonds is 1. The molecule has 3 nitrogen and oxygen atoms in total. The number of nitrogens with two attached hydrogens (primary N) is 1. The van der Waals surface area contributed by atoms with Crippen LogP contribution in [-0.2, 0) is 4.79 Å². The number of nitrogens with zero attached hydrogens (tertiary/aromatic N) is 1. The Morgan fingerprint density at radius 1 is 1.17 bits per heavy atom. The summed E-state index contributed by atoms with van der Waals surface area (Å²) in [5, 5.41) is 0. The summed E-state index contributed by atoms with van der Waals surface area (Å²) >= 11 is 0. The molecule has 2 N–H and O–H groups in total. The Balaban J connectivity index is 1.98. The third-order valence-corrected chi connectivity index (χ3v) is 4.86. The van der Waals surface area contributed by atoms with E-state index in [4.69, 9.17) is 5.73 Å². The summed E-state index contributed by atoms with van der Waals surface area (Å²) in [5.41, 5.74) is 6.40. The largest absolute Gasteiger partial charge is 0.341 e. The van der Waals surface area contributed by atoms with Gasteiger partial charge in [-0.3, -0.25) is 4.79 Å². The Bertz CT molecular complexity index is 313. The predicted octanol–water partition coefficient (Wildman–Crippen LogP) is 2.54. The molecule has 1 spiro atoms. The quantitative estimate of drug-likeness (QED) is 0.779. The van der Waals surface area contributed by atoms with Crippen molar-refractivity contribution in [3.8, 4) is 0 Å². The number of amides is 1. The molecule has 0 aromatic carbocycles. The van der Waals surface area contributed by atoms with E-state index < -0.39 is 0 Å². The molecule has 18 heavy (non-hydrogen) atoms. The van der Waals surface area contributed by atoms with Crippen molar-refractivity contribution in [1.82, 2.24) is 4.90 Å². The van der Waals surface area contributed by atoms with Crippen molar-refractivity contribution < 1.29 is 4.79 Å². The van der Waals surface area contributed by atoms with E-state index in [1.807, 2.05) is 25.7 Å². The molecule has 1 aliphatic carbocycles. The molecule has 1 saturated heterocycles. The molecule has 2 aliphatic rings. The Hall–Kier alpha value is -0.570. The standard InChI is InChI=1S/C15H28N2O/c1-14(2,3)12(16)13(18)17-10-9-15(11-17)7-5-4-6-8-15/h12H,4-11,16H2,1-3H3/t12-/m0/s1. The van der Waals surface area contributed by atoms with Crippen LogP contribution in [0.25, 0.3) is 0 Å². The summed E-state index contributed by atoms with van der Waals surface area (Å²) < 4.78 is 0. The highest BCUT2D eigenvalue weighted by Gasteiger charge is 2.42. The minimum Gasteiger partial charge on any atom is -0.341 e. The van der Waals surface area contributed by atoms with Gasteiger partial charge < -0.3 is 10.6 Å². The molecule has 2 fully saturated rings. The molecule has 104 valence electrons. The lowest BCUT2D eigenvalue weighted by molar-refractivity contribution is -0.134. The number of hydrogen-bond donors (Lipinski definition) is 1. The van der Waals surface area contributed by atoms with Gasteiger partial charge in [-0.1, -0.05) is 40.0 Å². The van der Waals surface area contributed by atoms with Gasteiger partial charge in [0.2, 0.25) is 5.91 Å². The number of carbonyl (C=O) groups excluding carboxylic acids is 1. The zero-order chi connectivity index (χ0) is 13.4. The highest BCUT2D eigenvalue weighted by Crippen LogP contribution is 2.43. The van der Waals surface area contributed by atoms with E-state index in [0.29, 0.717) is 5.41 Å². The molecule has 1 saturated carbocycles. The van der Waals surface area contributed by atoms with Crippen molar-refractivity contribution in [3.05, 3.63) is 0 Å².